The summed E-state index contributed by atoms with van der Waals surface area (Å²) in [4.78, 5) is 21.1. The lowest BCUT2D eigenvalue weighted by Crippen LogP contribution is -2.23. The molecule has 0 spiro atoms. The van der Waals surface area contributed by atoms with Gasteiger partial charge in [0.1, 0.15) is 23.3 Å². The van der Waals surface area contributed by atoms with E-state index in [1.807, 2.05) is 36.7 Å². The van der Waals surface area contributed by atoms with Crippen molar-refractivity contribution in [1.29, 1.82) is 0 Å². The number of benzene rings is 1. The van der Waals surface area contributed by atoms with Gasteiger partial charge in [-0.3, -0.25) is 9.48 Å². The van der Waals surface area contributed by atoms with E-state index < -0.39 is 5.82 Å². The Morgan fingerprint density at radius 3 is 2.68 bits per heavy atom. The SMILES string of the molecule is Cc1nc(C)n(CCC2(c3ccccc3)CC2C(=O)Nc2ccc(F)cn2)n1. The molecule has 1 amide bonds. The summed E-state index contributed by atoms with van der Waals surface area (Å²) in [5.41, 5.74) is 0.911. The van der Waals surface area contributed by atoms with E-state index in [1.54, 1.807) is 0 Å². The molecule has 1 saturated carbocycles. The van der Waals surface area contributed by atoms with Gasteiger partial charge in [0.25, 0.3) is 0 Å². The maximum absolute atomic E-state index is 13.0. The Hall–Kier alpha value is -3.09. The molecule has 144 valence electrons. The summed E-state index contributed by atoms with van der Waals surface area (Å²) in [7, 11) is 0. The molecule has 1 aromatic carbocycles. The van der Waals surface area contributed by atoms with Gasteiger partial charge in [-0.05, 0) is 44.4 Å². The van der Waals surface area contributed by atoms with Gasteiger partial charge in [-0.15, -0.1) is 0 Å². The number of aromatic nitrogens is 4. The summed E-state index contributed by atoms with van der Waals surface area (Å²) < 4.78 is 14.9. The summed E-state index contributed by atoms with van der Waals surface area (Å²) in [6.45, 7) is 4.51. The van der Waals surface area contributed by atoms with E-state index in [0.717, 1.165) is 36.3 Å². The smallest absolute Gasteiger partial charge is 0.229 e. The van der Waals surface area contributed by atoms with Crippen molar-refractivity contribution in [2.75, 3.05) is 5.32 Å². The second kappa shape index (κ2) is 7.14. The fourth-order valence-electron chi connectivity index (χ4n) is 3.90. The van der Waals surface area contributed by atoms with Gasteiger partial charge in [0.15, 0.2) is 0 Å². The largest absolute Gasteiger partial charge is 0.310 e. The fraction of sp³-hybridized carbons (Fsp3) is 0.333. The van der Waals surface area contributed by atoms with E-state index >= 15 is 0 Å². The zero-order valence-corrected chi connectivity index (χ0v) is 15.9. The van der Waals surface area contributed by atoms with Gasteiger partial charge in [0.2, 0.25) is 5.91 Å². The molecule has 6 nitrogen and oxygen atoms in total. The first-order chi connectivity index (χ1) is 13.5. The van der Waals surface area contributed by atoms with Crippen LogP contribution in [0.15, 0.2) is 48.7 Å². The van der Waals surface area contributed by atoms with Crippen LogP contribution in [0.5, 0.6) is 0 Å². The summed E-state index contributed by atoms with van der Waals surface area (Å²) in [6.07, 6.45) is 2.65. The molecule has 1 fully saturated rings. The first-order valence-corrected chi connectivity index (χ1v) is 9.34. The van der Waals surface area contributed by atoms with Crippen molar-refractivity contribution in [3.8, 4) is 0 Å². The first-order valence-electron chi connectivity index (χ1n) is 9.34. The van der Waals surface area contributed by atoms with Crippen LogP contribution in [0.2, 0.25) is 0 Å². The van der Waals surface area contributed by atoms with Crippen LogP contribution in [-0.2, 0) is 16.8 Å². The molecule has 0 radical (unpaired) electrons. The molecule has 2 heterocycles. The van der Waals surface area contributed by atoms with E-state index in [9.17, 15) is 9.18 Å². The van der Waals surface area contributed by atoms with Crippen molar-refractivity contribution >= 4 is 11.7 Å². The molecule has 0 aliphatic heterocycles. The van der Waals surface area contributed by atoms with Gasteiger partial charge in [0, 0.05) is 17.9 Å². The monoisotopic (exact) mass is 379 g/mol. The summed E-state index contributed by atoms with van der Waals surface area (Å²) in [5.74, 6) is 1.31. The van der Waals surface area contributed by atoms with Crippen molar-refractivity contribution in [2.45, 2.75) is 38.6 Å². The number of hydrogen-bond acceptors (Lipinski definition) is 4. The highest BCUT2D eigenvalue weighted by Gasteiger charge is 2.58. The minimum Gasteiger partial charge on any atom is -0.310 e. The molecule has 4 rings (SSSR count). The number of anilines is 1. The normalized spacial score (nSPS) is 20.8. The van der Waals surface area contributed by atoms with Crippen LogP contribution in [0, 0.1) is 25.6 Å². The Kier molecular flexibility index (Phi) is 4.66. The van der Waals surface area contributed by atoms with Gasteiger partial charge in [-0.25, -0.2) is 14.4 Å². The molecule has 1 N–H and O–H groups in total. The topological polar surface area (TPSA) is 72.7 Å². The van der Waals surface area contributed by atoms with Crippen LogP contribution >= 0.6 is 0 Å². The third-order valence-electron chi connectivity index (χ3n) is 5.45. The summed E-state index contributed by atoms with van der Waals surface area (Å²) in [6, 6.07) is 12.9. The molecule has 28 heavy (non-hydrogen) atoms. The number of pyridine rings is 1. The predicted octanol–water partition coefficient (Wildman–Crippen LogP) is 3.42. The molecular weight excluding hydrogens is 357 g/mol. The lowest BCUT2D eigenvalue weighted by molar-refractivity contribution is -0.117. The molecule has 0 saturated heterocycles. The molecule has 1 aliphatic carbocycles. The third kappa shape index (κ3) is 3.52. The Labute approximate surface area is 162 Å². The second-order valence-electron chi connectivity index (χ2n) is 7.31. The van der Waals surface area contributed by atoms with Crippen LogP contribution in [0.1, 0.15) is 30.1 Å². The highest BCUT2D eigenvalue weighted by atomic mass is 19.1. The van der Waals surface area contributed by atoms with Gasteiger partial charge in [0.05, 0.1) is 6.20 Å². The lowest BCUT2D eigenvalue weighted by Gasteiger charge is -2.18. The minimum atomic E-state index is -0.429. The first kappa shape index (κ1) is 18.3. The fourth-order valence-corrected chi connectivity index (χ4v) is 3.90. The molecular formula is C21H22FN5O. The maximum Gasteiger partial charge on any atom is 0.229 e. The molecule has 2 atom stereocenters. The van der Waals surface area contributed by atoms with Crippen molar-refractivity contribution in [1.82, 2.24) is 19.7 Å². The zero-order chi connectivity index (χ0) is 19.7. The standard InChI is InChI=1S/C21H22FN5O/c1-14-24-15(2)27(26-14)11-10-21(16-6-4-3-5-7-16)12-18(21)20(28)25-19-9-8-17(22)13-23-19/h3-9,13,18H,10-12H2,1-2H3,(H,23,25,28). The molecule has 7 heteroatoms. The number of rotatable bonds is 6. The van der Waals surface area contributed by atoms with E-state index in [4.69, 9.17) is 0 Å². The number of carbonyl (C=O) groups excluding carboxylic acids is 1. The van der Waals surface area contributed by atoms with Gasteiger partial charge >= 0.3 is 0 Å². The van der Waals surface area contributed by atoms with Crippen LogP contribution in [0.25, 0.3) is 0 Å². The van der Waals surface area contributed by atoms with Crippen LogP contribution in [-0.4, -0.2) is 25.7 Å². The van der Waals surface area contributed by atoms with E-state index in [2.05, 4.69) is 32.5 Å². The highest BCUT2D eigenvalue weighted by Crippen LogP contribution is 2.57. The van der Waals surface area contributed by atoms with Gasteiger partial charge in [-0.2, -0.15) is 5.10 Å². The molecule has 1 aliphatic rings. The lowest BCUT2D eigenvalue weighted by atomic mass is 9.89. The number of nitrogens with zero attached hydrogens (tertiary/aromatic N) is 4. The van der Waals surface area contributed by atoms with E-state index in [1.165, 1.54) is 12.1 Å². The van der Waals surface area contributed by atoms with Crippen molar-refractivity contribution in [3.63, 3.8) is 0 Å². The van der Waals surface area contributed by atoms with Crippen molar-refractivity contribution in [2.24, 2.45) is 5.92 Å². The van der Waals surface area contributed by atoms with E-state index in [-0.39, 0.29) is 17.2 Å². The Morgan fingerprint density at radius 2 is 2.04 bits per heavy atom. The van der Waals surface area contributed by atoms with Gasteiger partial charge in [-0.1, -0.05) is 30.3 Å². The Balaban J connectivity index is 1.53. The Morgan fingerprint density at radius 1 is 1.25 bits per heavy atom. The number of carbonyl (C=O) groups is 1. The van der Waals surface area contributed by atoms with Crippen LogP contribution < -0.4 is 5.32 Å². The quantitative estimate of drug-likeness (QED) is 0.712. The third-order valence-corrected chi connectivity index (χ3v) is 5.45. The molecule has 2 aromatic heterocycles. The Bertz CT molecular complexity index is 986. The van der Waals surface area contributed by atoms with E-state index in [0.29, 0.717) is 12.4 Å². The average Bonchev–Trinajstić information content (AvgIpc) is 3.35. The van der Waals surface area contributed by atoms with Crippen molar-refractivity contribution < 1.29 is 9.18 Å². The number of amides is 1. The van der Waals surface area contributed by atoms with Crippen molar-refractivity contribution in [3.05, 3.63) is 71.7 Å². The van der Waals surface area contributed by atoms with Gasteiger partial charge < -0.3 is 5.32 Å². The number of aryl methyl sites for hydroxylation is 3. The molecule has 0 bridgehead atoms. The predicted molar refractivity (Wildman–Crippen MR) is 103 cm³/mol. The number of nitrogens with one attached hydrogen (secondary N) is 1. The zero-order valence-electron chi connectivity index (χ0n) is 15.9. The number of halogens is 1. The van der Waals surface area contributed by atoms with Crippen LogP contribution in [0.4, 0.5) is 10.2 Å². The average molecular weight is 379 g/mol. The molecule has 3 aromatic rings. The summed E-state index contributed by atoms with van der Waals surface area (Å²) >= 11 is 0. The maximum atomic E-state index is 13.0. The molecule has 2 unspecified atom stereocenters. The summed E-state index contributed by atoms with van der Waals surface area (Å²) in [5, 5.41) is 7.26. The number of hydrogen-bond donors (Lipinski definition) is 1. The highest BCUT2D eigenvalue weighted by molar-refractivity contribution is 5.95. The second-order valence-corrected chi connectivity index (χ2v) is 7.31. The van der Waals surface area contributed by atoms with Crippen LogP contribution in [0.3, 0.4) is 0 Å². The minimum absolute atomic E-state index is 0.0885.